The molecule has 1 atom stereocenters. The van der Waals surface area contributed by atoms with Crippen molar-refractivity contribution in [3.63, 3.8) is 0 Å². The molecule has 0 bridgehead atoms. The Bertz CT molecular complexity index is 1290. The van der Waals surface area contributed by atoms with Gasteiger partial charge < -0.3 is 16.4 Å². The monoisotopic (exact) mass is 501 g/mol. The highest BCUT2D eigenvalue weighted by molar-refractivity contribution is 7.99. The largest absolute Gasteiger partial charge is 0.382 e. The summed E-state index contributed by atoms with van der Waals surface area (Å²) in [5, 5.41) is 0.820. The van der Waals surface area contributed by atoms with E-state index in [9.17, 15) is 4.79 Å². The van der Waals surface area contributed by atoms with Crippen LogP contribution in [0.5, 0.6) is 0 Å². The first kappa shape index (κ1) is 22.6. The summed E-state index contributed by atoms with van der Waals surface area (Å²) in [4.78, 5) is 21.0. The van der Waals surface area contributed by atoms with E-state index in [-0.39, 0.29) is 22.8 Å². The van der Waals surface area contributed by atoms with Crippen LogP contribution in [0.15, 0.2) is 57.1 Å². The summed E-state index contributed by atoms with van der Waals surface area (Å²) in [6, 6.07) is 13.8. The lowest BCUT2D eigenvalue weighted by Gasteiger charge is -2.42. The van der Waals surface area contributed by atoms with E-state index in [4.69, 9.17) is 34.7 Å². The SMILES string of the molecule is Cn1c(N2CCC3(CC2)Cc2ccccc2[C@H]3N)nc(N)c(Sc2cccc(Cl)c2Cl)c1=O. The molecular weight excluding hydrogens is 477 g/mol. The second-order valence-electron chi connectivity index (χ2n) is 8.85. The molecule has 0 unspecified atom stereocenters. The highest BCUT2D eigenvalue weighted by Gasteiger charge is 2.46. The molecule has 1 spiro atoms. The molecule has 2 aromatic carbocycles. The molecule has 0 radical (unpaired) electrons. The summed E-state index contributed by atoms with van der Waals surface area (Å²) in [5.74, 6) is 0.775. The molecule has 1 aromatic heterocycles. The van der Waals surface area contributed by atoms with Crippen LogP contribution in [0.3, 0.4) is 0 Å². The molecule has 1 aliphatic heterocycles. The number of piperidine rings is 1. The number of nitrogens with zero attached hydrogens (tertiary/aromatic N) is 3. The van der Waals surface area contributed by atoms with Gasteiger partial charge >= 0.3 is 0 Å². The van der Waals surface area contributed by atoms with Crippen molar-refractivity contribution in [2.45, 2.75) is 35.1 Å². The van der Waals surface area contributed by atoms with E-state index in [2.05, 4.69) is 34.1 Å². The van der Waals surface area contributed by atoms with Crippen LogP contribution < -0.4 is 21.9 Å². The number of nitrogen functional groups attached to an aromatic ring is 1. The van der Waals surface area contributed by atoms with Gasteiger partial charge in [0.25, 0.3) is 5.56 Å². The number of anilines is 2. The molecule has 1 fully saturated rings. The van der Waals surface area contributed by atoms with Gasteiger partial charge in [0, 0.05) is 31.1 Å². The highest BCUT2D eigenvalue weighted by Crippen LogP contribution is 2.51. The van der Waals surface area contributed by atoms with E-state index >= 15 is 0 Å². The molecular formula is C24H25Cl2N5OS. The van der Waals surface area contributed by atoms with Crippen LogP contribution in [-0.4, -0.2) is 22.6 Å². The second-order valence-corrected chi connectivity index (χ2v) is 10.7. The van der Waals surface area contributed by atoms with Crippen LogP contribution in [0.1, 0.15) is 30.0 Å². The predicted molar refractivity (Wildman–Crippen MR) is 135 cm³/mol. The summed E-state index contributed by atoms with van der Waals surface area (Å²) in [5.41, 5.74) is 15.4. The highest BCUT2D eigenvalue weighted by atomic mass is 35.5. The molecule has 1 saturated heterocycles. The molecule has 33 heavy (non-hydrogen) atoms. The van der Waals surface area contributed by atoms with Crippen molar-refractivity contribution in [3.8, 4) is 0 Å². The van der Waals surface area contributed by atoms with Crippen molar-refractivity contribution in [2.75, 3.05) is 23.7 Å². The molecule has 0 amide bonds. The fourth-order valence-corrected chi connectivity index (χ4v) is 6.51. The number of hydrogen-bond donors (Lipinski definition) is 2. The smallest absolute Gasteiger partial charge is 0.270 e. The van der Waals surface area contributed by atoms with Crippen molar-refractivity contribution in [2.24, 2.45) is 18.2 Å². The average molecular weight is 502 g/mol. The van der Waals surface area contributed by atoms with Gasteiger partial charge in [-0.1, -0.05) is 65.3 Å². The maximum Gasteiger partial charge on any atom is 0.270 e. The summed E-state index contributed by atoms with van der Waals surface area (Å²) < 4.78 is 1.57. The van der Waals surface area contributed by atoms with Gasteiger partial charge in [-0.05, 0) is 47.9 Å². The number of hydrogen-bond acceptors (Lipinski definition) is 6. The Morgan fingerprint density at radius 1 is 1.12 bits per heavy atom. The first-order chi connectivity index (χ1) is 15.8. The topological polar surface area (TPSA) is 90.2 Å². The Kier molecular flexibility index (Phi) is 5.85. The van der Waals surface area contributed by atoms with Gasteiger partial charge in [0.05, 0.1) is 10.0 Å². The van der Waals surface area contributed by atoms with Gasteiger partial charge in [0.2, 0.25) is 5.95 Å². The summed E-state index contributed by atoms with van der Waals surface area (Å²) in [6.07, 6.45) is 2.88. The Morgan fingerprint density at radius 2 is 1.85 bits per heavy atom. The van der Waals surface area contributed by atoms with E-state index < -0.39 is 0 Å². The summed E-state index contributed by atoms with van der Waals surface area (Å²) in [6.45, 7) is 1.54. The van der Waals surface area contributed by atoms with Gasteiger partial charge in [0.1, 0.15) is 10.7 Å². The van der Waals surface area contributed by atoms with E-state index in [1.807, 2.05) is 0 Å². The minimum atomic E-state index is -0.205. The minimum Gasteiger partial charge on any atom is -0.382 e. The first-order valence-electron chi connectivity index (χ1n) is 10.9. The van der Waals surface area contributed by atoms with Crippen LogP contribution in [0.4, 0.5) is 11.8 Å². The molecule has 9 heteroatoms. The van der Waals surface area contributed by atoms with E-state index in [1.165, 1.54) is 22.9 Å². The van der Waals surface area contributed by atoms with Crippen molar-refractivity contribution < 1.29 is 0 Å². The quantitative estimate of drug-likeness (QED) is 0.542. The Labute approximate surface area is 206 Å². The molecule has 3 aromatic rings. The Hall–Kier alpha value is -2.19. The van der Waals surface area contributed by atoms with Gasteiger partial charge in [-0.25, -0.2) is 0 Å². The van der Waals surface area contributed by atoms with Crippen LogP contribution >= 0.6 is 35.0 Å². The van der Waals surface area contributed by atoms with Crippen molar-refractivity contribution in [1.29, 1.82) is 0 Å². The fourth-order valence-electron chi connectivity index (χ4n) is 5.10. The van der Waals surface area contributed by atoms with E-state index in [0.717, 1.165) is 32.4 Å². The number of nitrogens with two attached hydrogens (primary N) is 2. The average Bonchev–Trinajstić information content (AvgIpc) is 3.08. The van der Waals surface area contributed by atoms with Crippen molar-refractivity contribution in [1.82, 2.24) is 9.55 Å². The standard InChI is InChI=1S/C24H25Cl2N5OS/c1-30-22(32)19(33-17-8-4-7-16(25)18(17)26)21(28)29-23(30)31-11-9-24(10-12-31)13-14-5-2-3-6-15(14)20(24)27/h2-8,20H,9-13,27-28H2,1H3/t20-/m1/s1. The minimum absolute atomic E-state index is 0.0407. The molecule has 2 heterocycles. The zero-order valence-corrected chi connectivity index (χ0v) is 20.6. The third-order valence-electron chi connectivity index (χ3n) is 7.01. The van der Waals surface area contributed by atoms with Crippen molar-refractivity contribution >= 4 is 46.7 Å². The zero-order valence-electron chi connectivity index (χ0n) is 18.2. The van der Waals surface area contributed by atoms with Gasteiger partial charge in [0.15, 0.2) is 0 Å². The first-order valence-corrected chi connectivity index (χ1v) is 12.4. The molecule has 0 saturated carbocycles. The number of aromatic nitrogens is 2. The van der Waals surface area contributed by atoms with Crippen LogP contribution in [0.25, 0.3) is 0 Å². The third kappa shape index (κ3) is 3.81. The maximum absolute atomic E-state index is 13.2. The molecule has 6 nitrogen and oxygen atoms in total. The third-order valence-corrected chi connectivity index (χ3v) is 9.09. The van der Waals surface area contributed by atoms with Crippen LogP contribution in [-0.2, 0) is 13.5 Å². The molecule has 172 valence electrons. The van der Waals surface area contributed by atoms with E-state index in [0.29, 0.717) is 25.8 Å². The Morgan fingerprint density at radius 3 is 2.58 bits per heavy atom. The number of halogens is 2. The lowest BCUT2D eigenvalue weighted by atomic mass is 9.73. The molecule has 4 N–H and O–H groups in total. The van der Waals surface area contributed by atoms with E-state index in [1.54, 1.807) is 29.8 Å². The number of fused-ring (bicyclic) bond motifs is 1. The second kappa shape index (κ2) is 8.55. The Balaban J connectivity index is 1.38. The van der Waals surface area contributed by atoms with Gasteiger partial charge in [-0.2, -0.15) is 4.98 Å². The summed E-state index contributed by atoms with van der Waals surface area (Å²) >= 11 is 13.6. The maximum atomic E-state index is 13.2. The van der Waals surface area contributed by atoms with Crippen LogP contribution in [0, 0.1) is 5.41 Å². The number of rotatable bonds is 3. The van der Waals surface area contributed by atoms with Crippen LogP contribution in [0.2, 0.25) is 10.0 Å². The fraction of sp³-hybridized carbons (Fsp3) is 0.333. The lowest BCUT2D eigenvalue weighted by molar-refractivity contribution is 0.186. The molecule has 2 aliphatic rings. The van der Waals surface area contributed by atoms with Gasteiger partial charge in [-0.15, -0.1) is 0 Å². The predicted octanol–water partition coefficient (Wildman–Crippen LogP) is 4.66. The molecule has 1 aliphatic carbocycles. The van der Waals surface area contributed by atoms with Gasteiger partial charge in [-0.3, -0.25) is 9.36 Å². The summed E-state index contributed by atoms with van der Waals surface area (Å²) in [7, 11) is 1.73. The normalized spacial score (nSPS) is 19.2. The van der Waals surface area contributed by atoms with Crippen molar-refractivity contribution in [3.05, 3.63) is 74.0 Å². The lowest BCUT2D eigenvalue weighted by Crippen LogP contribution is -2.46. The number of benzene rings is 2. The molecule has 5 rings (SSSR count). The zero-order chi connectivity index (χ0) is 23.3.